The lowest BCUT2D eigenvalue weighted by Crippen LogP contribution is -2.11. The van der Waals surface area contributed by atoms with Gasteiger partial charge in [0.05, 0.1) is 0 Å². The maximum atomic E-state index is 11.8. The fourth-order valence-corrected chi connectivity index (χ4v) is 3.20. The molecule has 0 aliphatic heterocycles. The smallest absolute Gasteiger partial charge is 0.272 e. The number of rotatable bonds is 3. The summed E-state index contributed by atoms with van der Waals surface area (Å²) < 4.78 is 26.2. The molecular formula is C8H10N4O2S2. The Bertz CT molecular complexity index is 599. The van der Waals surface area contributed by atoms with Crippen LogP contribution < -0.4 is 10.5 Å². The van der Waals surface area contributed by atoms with Crippen LogP contribution in [0.5, 0.6) is 0 Å². The molecular weight excluding hydrogens is 248 g/mol. The Morgan fingerprint density at radius 1 is 1.50 bits per heavy atom. The minimum Gasteiger partial charge on any atom is -0.398 e. The summed E-state index contributed by atoms with van der Waals surface area (Å²) in [5, 5.41) is 8.01. The van der Waals surface area contributed by atoms with E-state index in [0.717, 1.165) is 17.0 Å². The van der Waals surface area contributed by atoms with E-state index in [1.807, 2.05) is 0 Å². The number of aromatic amines is 1. The third kappa shape index (κ3) is 2.17. The van der Waals surface area contributed by atoms with Crippen molar-refractivity contribution in [2.45, 2.75) is 11.1 Å². The highest BCUT2D eigenvalue weighted by molar-refractivity contribution is 7.94. The van der Waals surface area contributed by atoms with Gasteiger partial charge in [-0.05, 0) is 13.0 Å². The number of nitrogens with two attached hydrogens (primary N) is 1. The quantitative estimate of drug-likeness (QED) is 0.769. The van der Waals surface area contributed by atoms with E-state index >= 15 is 0 Å². The Balaban J connectivity index is 2.27. The van der Waals surface area contributed by atoms with Crippen LogP contribution in [-0.2, 0) is 10.0 Å². The third-order valence-corrected chi connectivity index (χ3v) is 4.62. The Labute approximate surface area is 96.5 Å². The number of hydrogen-bond acceptors (Lipinski definition) is 5. The highest BCUT2D eigenvalue weighted by atomic mass is 32.2. The van der Waals surface area contributed by atoms with E-state index in [0.29, 0.717) is 5.69 Å². The molecule has 6 nitrogen and oxygen atoms in total. The van der Waals surface area contributed by atoms with Gasteiger partial charge in [-0.1, -0.05) is 0 Å². The van der Waals surface area contributed by atoms with Crippen molar-refractivity contribution in [3.05, 3.63) is 23.2 Å². The molecule has 0 saturated carbocycles. The van der Waals surface area contributed by atoms with Crippen LogP contribution in [0.1, 0.15) is 5.69 Å². The number of H-pyrrole nitrogens is 1. The van der Waals surface area contributed by atoms with Gasteiger partial charge in [0.25, 0.3) is 10.0 Å². The molecule has 0 radical (unpaired) electrons. The van der Waals surface area contributed by atoms with Gasteiger partial charge >= 0.3 is 0 Å². The lowest BCUT2D eigenvalue weighted by molar-refractivity contribution is 0.603. The van der Waals surface area contributed by atoms with Gasteiger partial charge in [-0.25, -0.2) is 8.42 Å². The first-order chi connectivity index (χ1) is 7.47. The zero-order chi connectivity index (χ0) is 11.8. The third-order valence-electron chi connectivity index (χ3n) is 1.81. The molecule has 0 aromatic carbocycles. The predicted octanol–water partition coefficient (Wildman–Crippen LogP) is 1.16. The van der Waals surface area contributed by atoms with Crippen LogP contribution in [0.3, 0.4) is 0 Å². The largest absolute Gasteiger partial charge is 0.398 e. The Hall–Kier alpha value is -1.54. The highest BCUT2D eigenvalue weighted by Gasteiger charge is 2.17. The van der Waals surface area contributed by atoms with Crippen molar-refractivity contribution in [2.75, 3.05) is 10.5 Å². The van der Waals surface area contributed by atoms with E-state index in [2.05, 4.69) is 14.9 Å². The minimum absolute atomic E-state index is 0.172. The Morgan fingerprint density at radius 3 is 2.75 bits per heavy atom. The summed E-state index contributed by atoms with van der Waals surface area (Å²) in [4.78, 5) is 0. The first kappa shape index (κ1) is 11.0. The van der Waals surface area contributed by atoms with Gasteiger partial charge in [-0.15, -0.1) is 11.3 Å². The number of aryl methyl sites for hydroxylation is 1. The molecule has 16 heavy (non-hydrogen) atoms. The van der Waals surface area contributed by atoms with E-state index < -0.39 is 10.0 Å². The summed E-state index contributed by atoms with van der Waals surface area (Å²) in [5.74, 6) is 0.268. The molecule has 2 rings (SSSR count). The van der Waals surface area contributed by atoms with E-state index in [-0.39, 0.29) is 10.0 Å². The van der Waals surface area contributed by atoms with Gasteiger partial charge in [0.2, 0.25) is 0 Å². The monoisotopic (exact) mass is 258 g/mol. The molecule has 0 atom stereocenters. The molecule has 86 valence electrons. The van der Waals surface area contributed by atoms with Gasteiger partial charge < -0.3 is 5.73 Å². The second-order valence-corrected chi connectivity index (χ2v) is 6.06. The van der Waals surface area contributed by atoms with Crippen molar-refractivity contribution in [2.24, 2.45) is 0 Å². The van der Waals surface area contributed by atoms with E-state index in [4.69, 9.17) is 5.73 Å². The fourth-order valence-electron chi connectivity index (χ4n) is 1.13. The van der Waals surface area contributed by atoms with Crippen molar-refractivity contribution >= 4 is 32.9 Å². The number of anilines is 2. The SMILES string of the molecule is Cc1cc(NS(=O)(=O)c2cc(N)cs2)n[nH]1. The molecule has 2 aromatic heterocycles. The van der Waals surface area contributed by atoms with Crippen LogP contribution in [0.15, 0.2) is 21.7 Å². The Morgan fingerprint density at radius 2 is 2.25 bits per heavy atom. The summed E-state index contributed by atoms with van der Waals surface area (Å²) in [5.41, 5.74) is 6.68. The van der Waals surface area contributed by atoms with Gasteiger partial charge in [0.15, 0.2) is 5.82 Å². The second kappa shape index (κ2) is 3.80. The maximum absolute atomic E-state index is 11.8. The average molecular weight is 258 g/mol. The molecule has 2 heterocycles. The van der Waals surface area contributed by atoms with Crippen molar-refractivity contribution < 1.29 is 8.42 Å². The molecule has 0 unspecified atom stereocenters. The number of nitrogens with zero attached hydrogens (tertiary/aromatic N) is 1. The number of nitrogen functional groups attached to an aromatic ring is 1. The molecule has 0 amide bonds. The standard InChI is InChI=1S/C8H10N4O2S2/c1-5-2-7(11-10-5)12-16(13,14)8-3-6(9)4-15-8/h2-4H,9H2,1H3,(H2,10,11,12). The van der Waals surface area contributed by atoms with Crippen molar-refractivity contribution in [1.82, 2.24) is 10.2 Å². The molecule has 0 fully saturated rings. The molecule has 0 aliphatic rings. The second-order valence-electron chi connectivity index (χ2n) is 3.24. The number of aromatic nitrogens is 2. The lowest BCUT2D eigenvalue weighted by Gasteiger charge is -2.01. The molecule has 0 saturated heterocycles. The topological polar surface area (TPSA) is 101 Å². The molecule has 0 aliphatic carbocycles. The minimum atomic E-state index is -3.57. The summed E-state index contributed by atoms with van der Waals surface area (Å²) in [6, 6.07) is 3.01. The number of sulfonamides is 1. The predicted molar refractivity (Wildman–Crippen MR) is 62.9 cm³/mol. The zero-order valence-corrected chi connectivity index (χ0v) is 10.0. The van der Waals surface area contributed by atoms with Crippen LogP contribution in [0.25, 0.3) is 0 Å². The zero-order valence-electron chi connectivity index (χ0n) is 8.39. The van der Waals surface area contributed by atoms with Crippen molar-refractivity contribution in [3.63, 3.8) is 0 Å². The maximum Gasteiger partial charge on any atom is 0.272 e. The Kier molecular flexibility index (Phi) is 2.60. The number of thiophene rings is 1. The van der Waals surface area contributed by atoms with Gasteiger partial charge in [0, 0.05) is 22.8 Å². The van der Waals surface area contributed by atoms with Crippen LogP contribution >= 0.6 is 11.3 Å². The highest BCUT2D eigenvalue weighted by Crippen LogP contribution is 2.23. The van der Waals surface area contributed by atoms with Crippen LogP contribution in [0.2, 0.25) is 0 Å². The summed E-state index contributed by atoms with van der Waals surface area (Å²) in [6.45, 7) is 1.79. The normalized spacial score (nSPS) is 11.6. The first-order valence-corrected chi connectivity index (χ1v) is 6.72. The van der Waals surface area contributed by atoms with Gasteiger partial charge in [-0.3, -0.25) is 9.82 Å². The van der Waals surface area contributed by atoms with E-state index in [9.17, 15) is 8.42 Å². The summed E-state index contributed by atoms with van der Waals surface area (Å²) >= 11 is 1.07. The lowest BCUT2D eigenvalue weighted by atomic mass is 10.5. The van der Waals surface area contributed by atoms with Crippen LogP contribution in [-0.4, -0.2) is 18.6 Å². The molecule has 4 N–H and O–H groups in total. The fraction of sp³-hybridized carbons (Fsp3) is 0.125. The molecule has 2 aromatic rings. The average Bonchev–Trinajstić information content (AvgIpc) is 2.75. The molecule has 0 bridgehead atoms. The van der Waals surface area contributed by atoms with Crippen LogP contribution in [0, 0.1) is 6.92 Å². The first-order valence-electron chi connectivity index (χ1n) is 4.36. The van der Waals surface area contributed by atoms with E-state index in [1.165, 1.54) is 6.07 Å². The van der Waals surface area contributed by atoms with Gasteiger partial charge in [0.1, 0.15) is 4.21 Å². The number of nitrogens with one attached hydrogen (secondary N) is 2. The van der Waals surface area contributed by atoms with Crippen molar-refractivity contribution in [1.29, 1.82) is 0 Å². The van der Waals surface area contributed by atoms with Crippen molar-refractivity contribution in [3.8, 4) is 0 Å². The van der Waals surface area contributed by atoms with E-state index in [1.54, 1.807) is 18.4 Å². The summed E-state index contributed by atoms with van der Waals surface area (Å²) in [6.07, 6.45) is 0. The van der Waals surface area contributed by atoms with Crippen LogP contribution in [0.4, 0.5) is 11.5 Å². The molecule has 0 spiro atoms. The molecule has 8 heteroatoms. The number of hydrogen-bond donors (Lipinski definition) is 3. The van der Waals surface area contributed by atoms with Gasteiger partial charge in [-0.2, -0.15) is 5.10 Å². The summed E-state index contributed by atoms with van der Waals surface area (Å²) in [7, 11) is -3.57.